The van der Waals surface area contributed by atoms with E-state index in [0.29, 0.717) is 17.0 Å². The zero-order valence-corrected chi connectivity index (χ0v) is 11.2. The summed E-state index contributed by atoms with van der Waals surface area (Å²) in [5, 5.41) is 0. The highest BCUT2D eigenvalue weighted by Crippen LogP contribution is 2.52. The molecule has 0 saturated heterocycles. The second kappa shape index (κ2) is 4.04. The molecular weight excluding hydrogens is 272 g/mol. The van der Waals surface area contributed by atoms with Gasteiger partial charge in [0.05, 0.1) is 10.9 Å². The number of aromatic amines is 1. The molecule has 106 valence electrons. The summed E-state index contributed by atoms with van der Waals surface area (Å²) in [5.74, 6) is -0.556. The van der Waals surface area contributed by atoms with Crippen molar-refractivity contribution in [3.05, 3.63) is 59.4 Å². The van der Waals surface area contributed by atoms with Crippen molar-refractivity contribution >= 4 is 16.7 Å². The van der Waals surface area contributed by atoms with Gasteiger partial charge in [-0.2, -0.15) is 0 Å². The molecule has 0 spiro atoms. The average Bonchev–Trinajstić information content (AvgIpc) is 3.13. The van der Waals surface area contributed by atoms with Gasteiger partial charge in [-0.15, -0.1) is 0 Å². The number of fused-ring (bicyclic) bond motifs is 1. The number of halogens is 2. The molecule has 5 heteroatoms. The molecule has 0 unspecified atom stereocenters. The topological polar surface area (TPSA) is 54.7 Å². The molecule has 1 heterocycles. The summed E-state index contributed by atoms with van der Waals surface area (Å²) in [7, 11) is 0. The van der Waals surface area contributed by atoms with Crippen molar-refractivity contribution in [1.29, 1.82) is 0 Å². The van der Waals surface area contributed by atoms with Crippen LogP contribution >= 0.6 is 0 Å². The van der Waals surface area contributed by atoms with Crippen LogP contribution in [0.1, 0.15) is 24.2 Å². The van der Waals surface area contributed by atoms with Crippen molar-refractivity contribution in [2.75, 3.05) is 5.73 Å². The van der Waals surface area contributed by atoms with Crippen LogP contribution in [0.15, 0.2) is 36.4 Å². The molecule has 3 nitrogen and oxygen atoms in total. The van der Waals surface area contributed by atoms with E-state index < -0.39 is 11.6 Å². The molecule has 1 aliphatic carbocycles. The Kier molecular flexibility index (Phi) is 2.37. The maximum absolute atomic E-state index is 13.8. The summed E-state index contributed by atoms with van der Waals surface area (Å²) in [6, 6.07) is 9.75. The zero-order chi connectivity index (χ0) is 14.6. The van der Waals surface area contributed by atoms with Gasteiger partial charge in [0.25, 0.3) is 0 Å². The molecular formula is C16H13F2N3. The molecule has 0 bridgehead atoms. The van der Waals surface area contributed by atoms with Crippen molar-refractivity contribution in [3.63, 3.8) is 0 Å². The van der Waals surface area contributed by atoms with Crippen molar-refractivity contribution in [2.45, 2.75) is 18.3 Å². The highest BCUT2D eigenvalue weighted by molar-refractivity contribution is 5.76. The van der Waals surface area contributed by atoms with E-state index in [9.17, 15) is 8.78 Å². The lowest BCUT2D eigenvalue weighted by Gasteiger charge is -2.12. The summed E-state index contributed by atoms with van der Waals surface area (Å²) >= 11 is 0. The number of aromatic nitrogens is 2. The smallest absolute Gasteiger partial charge is 0.153 e. The third-order valence-electron chi connectivity index (χ3n) is 4.17. The van der Waals surface area contributed by atoms with Gasteiger partial charge in [0.1, 0.15) is 17.2 Å². The number of nitrogen functional groups attached to an aromatic ring is 1. The highest BCUT2D eigenvalue weighted by atomic mass is 19.1. The molecule has 0 amide bonds. The van der Waals surface area contributed by atoms with Gasteiger partial charge in [-0.3, -0.25) is 0 Å². The average molecular weight is 285 g/mol. The lowest BCUT2D eigenvalue weighted by atomic mass is 9.95. The van der Waals surface area contributed by atoms with Crippen molar-refractivity contribution < 1.29 is 8.78 Å². The van der Waals surface area contributed by atoms with Crippen LogP contribution < -0.4 is 5.73 Å². The Hall–Kier alpha value is -2.43. The van der Waals surface area contributed by atoms with Gasteiger partial charge in [-0.05, 0) is 36.6 Å². The molecule has 2 aromatic carbocycles. The number of hydrogen-bond donors (Lipinski definition) is 2. The van der Waals surface area contributed by atoms with Gasteiger partial charge in [0.2, 0.25) is 0 Å². The largest absolute Gasteiger partial charge is 0.399 e. The Morgan fingerprint density at radius 2 is 1.81 bits per heavy atom. The number of rotatable bonds is 2. The van der Waals surface area contributed by atoms with E-state index in [0.717, 1.165) is 24.5 Å². The Labute approximate surface area is 119 Å². The SMILES string of the molecule is Nc1ccc(C2(c3nc4c(F)cc(F)cc4[nH]3)CC2)cc1. The van der Waals surface area contributed by atoms with Crippen LogP contribution in [0.3, 0.4) is 0 Å². The molecule has 0 radical (unpaired) electrons. The standard InChI is InChI=1S/C16H13F2N3/c17-10-7-12(18)14-13(8-10)20-15(21-14)16(5-6-16)9-1-3-11(19)4-2-9/h1-4,7-8H,5-6,19H2,(H,20,21). The van der Waals surface area contributed by atoms with E-state index in [-0.39, 0.29) is 10.9 Å². The predicted molar refractivity (Wildman–Crippen MR) is 76.9 cm³/mol. The first kappa shape index (κ1) is 12.3. The number of anilines is 1. The van der Waals surface area contributed by atoms with E-state index in [4.69, 9.17) is 5.73 Å². The molecule has 0 aliphatic heterocycles. The van der Waals surface area contributed by atoms with E-state index in [1.807, 2.05) is 24.3 Å². The maximum Gasteiger partial charge on any atom is 0.153 e. The van der Waals surface area contributed by atoms with E-state index in [1.165, 1.54) is 6.07 Å². The minimum absolute atomic E-state index is 0.188. The number of nitrogens with two attached hydrogens (primary N) is 1. The summed E-state index contributed by atoms with van der Waals surface area (Å²) in [4.78, 5) is 7.43. The third-order valence-corrected chi connectivity index (χ3v) is 4.17. The minimum atomic E-state index is -0.638. The van der Waals surface area contributed by atoms with E-state index >= 15 is 0 Å². The summed E-state index contributed by atoms with van der Waals surface area (Å²) in [5.41, 5.74) is 7.86. The van der Waals surface area contributed by atoms with Crippen molar-refractivity contribution in [3.8, 4) is 0 Å². The first-order chi connectivity index (χ1) is 10.1. The molecule has 0 atom stereocenters. The lowest BCUT2D eigenvalue weighted by molar-refractivity contribution is 0.590. The summed E-state index contributed by atoms with van der Waals surface area (Å²) < 4.78 is 27.1. The van der Waals surface area contributed by atoms with Crippen LogP contribution in [0.5, 0.6) is 0 Å². The number of benzene rings is 2. The number of imidazole rings is 1. The quantitative estimate of drug-likeness (QED) is 0.708. The maximum atomic E-state index is 13.8. The molecule has 1 aliphatic rings. The van der Waals surface area contributed by atoms with Crippen molar-refractivity contribution in [2.24, 2.45) is 0 Å². The van der Waals surface area contributed by atoms with Crippen LogP contribution in [-0.4, -0.2) is 9.97 Å². The Bertz CT molecular complexity index is 833. The minimum Gasteiger partial charge on any atom is -0.399 e. The van der Waals surface area contributed by atoms with Crippen LogP contribution in [0.2, 0.25) is 0 Å². The summed E-state index contributed by atoms with van der Waals surface area (Å²) in [6.07, 6.45) is 1.86. The summed E-state index contributed by atoms with van der Waals surface area (Å²) in [6.45, 7) is 0. The Morgan fingerprint density at radius 3 is 2.48 bits per heavy atom. The van der Waals surface area contributed by atoms with Crippen LogP contribution in [-0.2, 0) is 5.41 Å². The van der Waals surface area contributed by atoms with Crippen LogP contribution in [0, 0.1) is 11.6 Å². The van der Waals surface area contributed by atoms with Gasteiger partial charge < -0.3 is 10.7 Å². The predicted octanol–water partition coefficient (Wildman–Crippen LogP) is 3.50. The van der Waals surface area contributed by atoms with Crippen LogP contribution in [0.25, 0.3) is 11.0 Å². The van der Waals surface area contributed by atoms with Crippen LogP contribution in [0.4, 0.5) is 14.5 Å². The third kappa shape index (κ3) is 1.81. The lowest BCUT2D eigenvalue weighted by Crippen LogP contribution is -2.10. The van der Waals surface area contributed by atoms with E-state index in [1.54, 1.807) is 0 Å². The van der Waals surface area contributed by atoms with Gasteiger partial charge in [0, 0.05) is 11.8 Å². The Morgan fingerprint density at radius 1 is 1.10 bits per heavy atom. The molecule has 4 rings (SSSR count). The molecule has 1 fully saturated rings. The normalized spacial score (nSPS) is 16.3. The van der Waals surface area contributed by atoms with Gasteiger partial charge in [-0.1, -0.05) is 12.1 Å². The molecule has 3 aromatic rings. The number of H-pyrrole nitrogens is 1. The molecule has 3 N–H and O–H groups in total. The van der Waals surface area contributed by atoms with Gasteiger partial charge in [-0.25, -0.2) is 13.8 Å². The Balaban J connectivity index is 1.86. The second-order valence-electron chi connectivity index (χ2n) is 5.57. The second-order valence-corrected chi connectivity index (χ2v) is 5.57. The molecule has 1 saturated carbocycles. The molecule has 1 aromatic heterocycles. The van der Waals surface area contributed by atoms with Gasteiger partial charge >= 0.3 is 0 Å². The van der Waals surface area contributed by atoms with E-state index in [2.05, 4.69) is 9.97 Å². The monoisotopic (exact) mass is 285 g/mol. The van der Waals surface area contributed by atoms with Crippen molar-refractivity contribution in [1.82, 2.24) is 9.97 Å². The first-order valence-electron chi connectivity index (χ1n) is 6.80. The number of hydrogen-bond acceptors (Lipinski definition) is 2. The first-order valence-corrected chi connectivity index (χ1v) is 6.80. The number of nitrogens with zero attached hydrogens (tertiary/aromatic N) is 1. The highest BCUT2D eigenvalue weighted by Gasteiger charge is 2.48. The fourth-order valence-corrected chi connectivity index (χ4v) is 2.86. The molecule has 21 heavy (non-hydrogen) atoms. The fraction of sp³-hybridized carbons (Fsp3) is 0.188. The fourth-order valence-electron chi connectivity index (χ4n) is 2.86. The number of nitrogens with one attached hydrogen (secondary N) is 1. The zero-order valence-electron chi connectivity index (χ0n) is 11.2. The van der Waals surface area contributed by atoms with Gasteiger partial charge in [0.15, 0.2) is 5.82 Å².